The van der Waals surface area contributed by atoms with Crippen LogP contribution in [0, 0.1) is 0 Å². The van der Waals surface area contributed by atoms with E-state index in [1.807, 2.05) is 29.1 Å². The van der Waals surface area contributed by atoms with E-state index in [-0.39, 0.29) is 0 Å². The van der Waals surface area contributed by atoms with Crippen LogP contribution in [0.25, 0.3) is 5.69 Å². The van der Waals surface area contributed by atoms with E-state index in [9.17, 15) is 0 Å². The van der Waals surface area contributed by atoms with Gasteiger partial charge in [0, 0.05) is 36.9 Å². The monoisotopic (exact) mass is 242 g/mol. The first-order chi connectivity index (χ1) is 8.74. The number of nitrogens with two attached hydrogens (primary N) is 1. The molecule has 0 saturated carbocycles. The molecule has 1 atom stereocenters. The van der Waals surface area contributed by atoms with Gasteiger partial charge in [0.05, 0.1) is 11.9 Å². The molecule has 0 bridgehead atoms. The molecule has 0 radical (unpaired) electrons. The average molecular weight is 242 g/mol. The summed E-state index contributed by atoms with van der Waals surface area (Å²) < 4.78 is 1.92. The summed E-state index contributed by atoms with van der Waals surface area (Å²) in [5.74, 6) is 0. The first kappa shape index (κ1) is 11.4. The van der Waals surface area contributed by atoms with E-state index in [1.54, 1.807) is 0 Å². The Hall–Kier alpha value is -1.65. The standard InChI is InChI=1S/C14H18N4/c1-11(17-9-13(15)10-17)12-7-16-18(8-12)14-5-3-2-4-6-14/h2-8,11,13H,9-10,15H2,1H3. The molecule has 3 rings (SSSR count). The Morgan fingerprint density at radius 2 is 2.00 bits per heavy atom. The van der Waals surface area contributed by atoms with Crippen molar-refractivity contribution in [3.05, 3.63) is 48.3 Å². The fraction of sp³-hybridized carbons (Fsp3) is 0.357. The fourth-order valence-electron chi connectivity index (χ4n) is 2.35. The van der Waals surface area contributed by atoms with E-state index >= 15 is 0 Å². The number of nitrogens with zero attached hydrogens (tertiary/aromatic N) is 3. The molecule has 94 valence electrons. The zero-order valence-corrected chi connectivity index (χ0v) is 10.5. The van der Waals surface area contributed by atoms with E-state index in [0.29, 0.717) is 12.1 Å². The molecule has 2 N–H and O–H groups in total. The summed E-state index contributed by atoms with van der Waals surface area (Å²) in [6.07, 6.45) is 4.05. The van der Waals surface area contributed by atoms with Crippen molar-refractivity contribution >= 4 is 0 Å². The number of likely N-dealkylation sites (tertiary alicyclic amines) is 1. The van der Waals surface area contributed by atoms with Gasteiger partial charge in [0.1, 0.15) is 0 Å². The zero-order chi connectivity index (χ0) is 12.5. The summed E-state index contributed by atoms with van der Waals surface area (Å²) in [7, 11) is 0. The molecule has 1 saturated heterocycles. The molecule has 4 heteroatoms. The third-order valence-electron chi connectivity index (χ3n) is 3.59. The molecule has 18 heavy (non-hydrogen) atoms. The van der Waals surface area contributed by atoms with E-state index in [2.05, 4.69) is 35.3 Å². The molecule has 1 aromatic carbocycles. The molecule has 1 aliphatic rings. The Labute approximate surface area is 107 Å². The van der Waals surface area contributed by atoms with Crippen LogP contribution in [0.3, 0.4) is 0 Å². The Balaban J connectivity index is 1.77. The molecule has 2 aromatic rings. The molecule has 0 spiro atoms. The van der Waals surface area contributed by atoms with Gasteiger partial charge in [0.2, 0.25) is 0 Å². The minimum atomic E-state index is 0.344. The van der Waals surface area contributed by atoms with Gasteiger partial charge < -0.3 is 5.73 Å². The molecule has 4 nitrogen and oxygen atoms in total. The van der Waals surface area contributed by atoms with Gasteiger partial charge in [-0.25, -0.2) is 4.68 Å². The molecular formula is C14H18N4. The zero-order valence-electron chi connectivity index (χ0n) is 10.5. The summed E-state index contributed by atoms with van der Waals surface area (Å²) in [4.78, 5) is 2.37. The van der Waals surface area contributed by atoms with Crippen molar-refractivity contribution in [2.24, 2.45) is 5.73 Å². The molecule has 1 aliphatic heterocycles. The summed E-state index contributed by atoms with van der Waals surface area (Å²) in [6.45, 7) is 4.17. The fourth-order valence-corrected chi connectivity index (χ4v) is 2.35. The Kier molecular flexibility index (Phi) is 2.89. The summed E-state index contributed by atoms with van der Waals surface area (Å²) in [5.41, 5.74) is 8.15. The van der Waals surface area contributed by atoms with Crippen molar-refractivity contribution < 1.29 is 0 Å². The summed E-state index contributed by atoms with van der Waals surface area (Å²) in [6, 6.07) is 10.9. The van der Waals surface area contributed by atoms with Crippen LogP contribution in [0.2, 0.25) is 0 Å². The third-order valence-corrected chi connectivity index (χ3v) is 3.59. The second-order valence-electron chi connectivity index (χ2n) is 4.94. The highest BCUT2D eigenvalue weighted by atomic mass is 15.3. The van der Waals surface area contributed by atoms with Crippen LogP contribution in [0.4, 0.5) is 0 Å². The van der Waals surface area contributed by atoms with Gasteiger partial charge in [0.25, 0.3) is 0 Å². The Morgan fingerprint density at radius 3 is 2.67 bits per heavy atom. The molecule has 1 aromatic heterocycles. The van der Waals surface area contributed by atoms with Gasteiger partial charge in [0.15, 0.2) is 0 Å². The van der Waals surface area contributed by atoms with Crippen molar-refractivity contribution in [3.8, 4) is 5.69 Å². The van der Waals surface area contributed by atoms with Crippen LogP contribution in [0.1, 0.15) is 18.5 Å². The highest BCUT2D eigenvalue weighted by Crippen LogP contribution is 2.24. The van der Waals surface area contributed by atoms with Gasteiger partial charge >= 0.3 is 0 Å². The number of benzene rings is 1. The largest absolute Gasteiger partial charge is 0.325 e. The number of hydrogen-bond acceptors (Lipinski definition) is 3. The van der Waals surface area contributed by atoms with Gasteiger partial charge in [-0.3, -0.25) is 4.90 Å². The number of rotatable bonds is 3. The van der Waals surface area contributed by atoms with Crippen LogP contribution in [0.5, 0.6) is 0 Å². The molecule has 0 aliphatic carbocycles. The molecule has 2 heterocycles. The normalized spacial score (nSPS) is 18.6. The van der Waals surface area contributed by atoms with E-state index in [4.69, 9.17) is 5.73 Å². The lowest BCUT2D eigenvalue weighted by Gasteiger charge is -2.40. The maximum absolute atomic E-state index is 5.82. The highest BCUT2D eigenvalue weighted by Gasteiger charge is 2.28. The first-order valence-electron chi connectivity index (χ1n) is 6.33. The number of para-hydroxylation sites is 1. The van der Waals surface area contributed by atoms with E-state index in [1.165, 1.54) is 5.56 Å². The maximum atomic E-state index is 5.82. The second-order valence-corrected chi connectivity index (χ2v) is 4.94. The SMILES string of the molecule is CC(c1cnn(-c2ccccc2)c1)N1CC(N)C1. The minimum absolute atomic E-state index is 0.344. The minimum Gasteiger partial charge on any atom is -0.325 e. The smallest absolute Gasteiger partial charge is 0.0645 e. The van der Waals surface area contributed by atoms with E-state index in [0.717, 1.165) is 18.8 Å². The average Bonchev–Trinajstić information content (AvgIpc) is 2.85. The van der Waals surface area contributed by atoms with Gasteiger partial charge in [-0.2, -0.15) is 5.10 Å². The van der Waals surface area contributed by atoms with Crippen molar-refractivity contribution in [2.75, 3.05) is 13.1 Å². The van der Waals surface area contributed by atoms with Crippen LogP contribution >= 0.6 is 0 Å². The number of hydrogen-bond donors (Lipinski definition) is 1. The topological polar surface area (TPSA) is 47.1 Å². The van der Waals surface area contributed by atoms with Crippen molar-refractivity contribution in [2.45, 2.75) is 19.0 Å². The predicted molar refractivity (Wildman–Crippen MR) is 71.5 cm³/mol. The first-order valence-corrected chi connectivity index (χ1v) is 6.33. The Morgan fingerprint density at radius 1 is 1.28 bits per heavy atom. The van der Waals surface area contributed by atoms with E-state index < -0.39 is 0 Å². The van der Waals surface area contributed by atoms with Crippen LogP contribution < -0.4 is 5.73 Å². The van der Waals surface area contributed by atoms with Crippen molar-refractivity contribution in [1.82, 2.24) is 14.7 Å². The van der Waals surface area contributed by atoms with Crippen LogP contribution in [-0.2, 0) is 0 Å². The van der Waals surface area contributed by atoms with Gasteiger partial charge in [-0.05, 0) is 19.1 Å². The lowest BCUT2D eigenvalue weighted by molar-refractivity contribution is 0.103. The molecular weight excluding hydrogens is 224 g/mol. The van der Waals surface area contributed by atoms with Crippen molar-refractivity contribution in [1.29, 1.82) is 0 Å². The molecule has 0 amide bonds. The second kappa shape index (κ2) is 4.55. The summed E-state index contributed by atoms with van der Waals surface area (Å²) in [5, 5.41) is 4.43. The molecule has 1 unspecified atom stereocenters. The third kappa shape index (κ3) is 2.05. The number of aromatic nitrogens is 2. The lowest BCUT2D eigenvalue weighted by Crippen LogP contribution is -2.56. The Bertz CT molecular complexity index is 514. The van der Waals surface area contributed by atoms with Crippen LogP contribution in [0.15, 0.2) is 42.7 Å². The van der Waals surface area contributed by atoms with Crippen molar-refractivity contribution in [3.63, 3.8) is 0 Å². The van der Waals surface area contributed by atoms with Crippen LogP contribution in [-0.4, -0.2) is 33.8 Å². The molecule has 1 fully saturated rings. The van der Waals surface area contributed by atoms with Gasteiger partial charge in [-0.1, -0.05) is 18.2 Å². The predicted octanol–water partition coefficient (Wildman–Crippen LogP) is 1.58. The quantitative estimate of drug-likeness (QED) is 0.889. The highest BCUT2D eigenvalue weighted by molar-refractivity contribution is 5.31. The maximum Gasteiger partial charge on any atom is 0.0645 e. The lowest BCUT2D eigenvalue weighted by atomic mass is 10.0. The summed E-state index contributed by atoms with van der Waals surface area (Å²) >= 11 is 0. The van der Waals surface area contributed by atoms with Gasteiger partial charge in [-0.15, -0.1) is 0 Å².